The van der Waals surface area contributed by atoms with Gasteiger partial charge in [-0.2, -0.15) is 0 Å². The van der Waals surface area contributed by atoms with Crippen LogP contribution in [-0.4, -0.2) is 63.2 Å². The molecule has 2 aliphatic rings. The fraction of sp³-hybridized carbons (Fsp3) is 0.833. The zero-order valence-corrected chi connectivity index (χ0v) is 15.2. The van der Waals surface area contributed by atoms with Crippen molar-refractivity contribution < 1.29 is 4.79 Å². The Labute approximate surface area is 145 Å². The van der Waals surface area contributed by atoms with Gasteiger partial charge in [-0.15, -0.1) is 10.2 Å². The van der Waals surface area contributed by atoms with Gasteiger partial charge in [-0.3, -0.25) is 9.69 Å². The van der Waals surface area contributed by atoms with E-state index < -0.39 is 0 Å². The van der Waals surface area contributed by atoms with Gasteiger partial charge in [0.1, 0.15) is 11.6 Å². The zero-order valence-electron chi connectivity index (χ0n) is 15.2. The number of likely N-dealkylation sites (N-methyl/N-ethyl adjacent to an activating group) is 1. The van der Waals surface area contributed by atoms with E-state index in [2.05, 4.69) is 19.7 Å². The third-order valence-electron chi connectivity index (χ3n) is 5.48. The van der Waals surface area contributed by atoms with Crippen LogP contribution in [0.25, 0.3) is 0 Å². The fourth-order valence-corrected chi connectivity index (χ4v) is 4.09. The predicted molar refractivity (Wildman–Crippen MR) is 93.9 cm³/mol. The first-order valence-corrected chi connectivity index (χ1v) is 9.65. The molecule has 1 aromatic heterocycles. The zero-order chi connectivity index (χ0) is 16.9. The minimum Gasteiger partial charge on any atom is -0.342 e. The minimum absolute atomic E-state index is 0.251. The summed E-state index contributed by atoms with van der Waals surface area (Å²) in [5.41, 5.74) is 0. The van der Waals surface area contributed by atoms with Crippen LogP contribution in [0.5, 0.6) is 0 Å². The molecule has 3 rings (SSSR count). The summed E-state index contributed by atoms with van der Waals surface area (Å²) in [6, 6.07) is 0. The average molecular weight is 333 g/mol. The molecule has 1 amide bonds. The van der Waals surface area contributed by atoms with Crippen LogP contribution in [0, 0.1) is 0 Å². The molecule has 3 heterocycles. The van der Waals surface area contributed by atoms with Crippen molar-refractivity contribution in [2.45, 2.75) is 64.8 Å². The van der Waals surface area contributed by atoms with E-state index in [1.807, 2.05) is 18.7 Å². The van der Waals surface area contributed by atoms with Gasteiger partial charge in [-0.1, -0.05) is 6.42 Å². The summed E-state index contributed by atoms with van der Waals surface area (Å²) < 4.78 is 2.37. The molecular formula is C18H31N5O. The van der Waals surface area contributed by atoms with Crippen LogP contribution in [0.4, 0.5) is 0 Å². The molecule has 1 unspecified atom stereocenters. The second kappa shape index (κ2) is 8.10. The number of hydrogen-bond donors (Lipinski definition) is 0. The van der Waals surface area contributed by atoms with Crippen LogP contribution >= 0.6 is 0 Å². The summed E-state index contributed by atoms with van der Waals surface area (Å²) in [5.74, 6) is 2.99. The largest absolute Gasteiger partial charge is 0.342 e. The van der Waals surface area contributed by atoms with Crippen LogP contribution < -0.4 is 0 Å². The Kier molecular flexibility index (Phi) is 5.87. The van der Waals surface area contributed by atoms with E-state index in [1.54, 1.807) is 0 Å². The molecule has 0 spiro atoms. The van der Waals surface area contributed by atoms with E-state index in [0.717, 1.165) is 57.8 Å². The number of rotatable bonds is 5. The number of likely N-dealkylation sites (tertiary alicyclic amines) is 1. The second-order valence-electron chi connectivity index (χ2n) is 7.08. The Morgan fingerprint density at radius 2 is 1.96 bits per heavy atom. The van der Waals surface area contributed by atoms with Gasteiger partial charge in [0.15, 0.2) is 0 Å². The number of hydrogen-bond acceptors (Lipinski definition) is 4. The first-order valence-electron chi connectivity index (χ1n) is 9.65. The van der Waals surface area contributed by atoms with Gasteiger partial charge in [-0.05, 0) is 46.1 Å². The smallest absolute Gasteiger partial charge is 0.236 e. The summed E-state index contributed by atoms with van der Waals surface area (Å²) in [6.07, 6.45) is 7.11. The lowest BCUT2D eigenvalue weighted by atomic mass is 9.97. The Hall–Kier alpha value is -1.43. The molecule has 1 aromatic rings. The van der Waals surface area contributed by atoms with Gasteiger partial charge in [0, 0.05) is 38.5 Å². The first-order chi connectivity index (χ1) is 11.7. The number of carbonyl (C=O) groups excluding carboxylic acids is 1. The first kappa shape index (κ1) is 17.4. The van der Waals surface area contributed by atoms with Crippen molar-refractivity contribution in [3.05, 3.63) is 11.6 Å². The maximum absolute atomic E-state index is 12.4. The topological polar surface area (TPSA) is 54.3 Å². The van der Waals surface area contributed by atoms with Crippen LogP contribution in [-0.2, 0) is 17.8 Å². The molecule has 0 aliphatic carbocycles. The van der Waals surface area contributed by atoms with Gasteiger partial charge in [0.2, 0.25) is 5.91 Å². The highest BCUT2D eigenvalue weighted by atomic mass is 16.2. The third-order valence-corrected chi connectivity index (χ3v) is 5.48. The van der Waals surface area contributed by atoms with Crippen molar-refractivity contribution in [3.63, 3.8) is 0 Å². The molecule has 0 saturated carbocycles. The van der Waals surface area contributed by atoms with Crippen molar-refractivity contribution in [2.75, 3.05) is 32.7 Å². The molecule has 1 atom stereocenters. The maximum atomic E-state index is 12.4. The highest BCUT2D eigenvalue weighted by Crippen LogP contribution is 2.27. The van der Waals surface area contributed by atoms with Gasteiger partial charge in [-0.25, -0.2) is 0 Å². The standard InChI is InChI=1S/C18H31N5O/c1-3-22(4-2)17(24)14-21-11-8-9-15(13-21)18-20-19-16-10-6-5-7-12-23(16)18/h15H,3-14H2,1-2H3. The van der Waals surface area contributed by atoms with E-state index in [0.29, 0.717) is 12.5 Å². The van der Waals surface area contributed by atoms with Gasteiger partial charge < -0.3 is 9.47 Å². The van der Waals surface area contributed by atoms with E-state index in [1.165, 1.54) is 25.1 Å². The van der Waals surface area contributed by atoms with Gasteiger partial charge >= 0.3 is 0 Å². The highest BCUT2D eigenvalue weighted by molar-refractivity contribution is 5.78. The molecule has 0 N–H and O–H groups in total. The molecule has 1 fully saturated rings. The van der Waals surface area contributed by atoms with Crippen molar-refractivity contribution in [1.82, 2.24) is 24.6 Å². The summed E-state index contributed by atoms with van der Waals surface area (Å²) in [5, 5.41) is 8.99. The fourth-order valence-electron chi connectivity index (χ4n) is 4.09. The number of carbonyl (C=O) groups is 1. The molecule has 2 aliphatic heterocycles. The van der Waals surface area contributed by atoms with Crippen molar-refractivity contribution in [2.24, 2.45) is 0 Å². The van der Waals surface area contributed by atoms with Gasteiger partial charge in [0.05, 0.1) is 6.54 Å². The monoisotopic (exact) mass is 333 g/mol. The number of piperidine rings is 1. The summed E-state index contributed by atoms with van der Waals surface area (Å²) in [4.78, 5) is 16.6. The molecule has 6 nitrogen and oxygen atoms in total. The third kappa shape index (κ3) is 3.79. The lowest BCUT2D eigenvalue weighted by Gasteiger charge is -2.33. The molecule has 6 heteroatoms. The number of nitrogens with zero attached hydrogens (tertiary/aromatic N) is 5. The maximum Gasteiger partial charge on any atom is 0.236 e. The normalized spacial score (nSPS) is 22.0. The van der Waals surface area contributed by atoms with E-state index in [-0.39, 0.29) is 5.91 Å². The van der Waals surface area contributed by atoms with Crippen LogP contribution in [0.3, 0.4) is 0 Å². The van der Waals surface area contributed by atoms with Crippen LogP contribution in [0.1, 0.15) is 63.5 Å². The quantitative estimate of drug-likeness (QED) is 0.827. The molecule has 1 saturated heterocycles. The molecule has 0 radical (unpaired) electrons. The number of aromatic nitrogens is 3. The lowest BCUT2D eigenvalue weighted by molar-refractivity contribution is -0.132. The molecular weight excluding hydrogens is 302 g/mol. The Morgan fingerprint density at radius 1 is 1.12 bits per heavy atom. The summed E-state index contributed by atoms with van der Waals surface area (Å²) in [7, 11) is 0. The molecule has 134 valence electrons. The SMILES string of the molecule is CCN(CC)C(=O)CN1CCCC(c2nnc3n2CCCCC3)C1. The summed E-state index contributed by atoms with van der Waals surface area (Å²) >= 11 is 0. The number of aryl methyl sites for hydroxylation is 1. The van der Waals surface area contributed by atoms with Crippen molar-refractivity contribution in [1.29, 1.82) is 0 Å². The number of amides is 1. The Balaban J connectivity index is 1.66. The van der Waals surface area contributed by atoms with Crippen LogP contribution in [0.15, 0.2) is 0 Å². The Morgan fingerprint density at radius 3 is 2.75 bits per heavy atom. The highest BCUT2D eigenvalue weighted by Gasteiger charge is 2.28. The molecule has 24 heavy (non-hydrogen) atoms. The minimum atomic E-state index is 0.251. The van der Waals surface area contributed by atoms with Gasteiger partial charge in [0.25, 0.3) is 0 Å². The molecule has 0 aromatic carbocycles. The molecule has 0 bridgehead atoms. The van der Waals surface area contributed by atoms with E-state index >= 15 is 0 Å². The lowest BCUT2D eigenvalue weighted by Crippen LogP contribution is -2.44. The predicted octanol–water partition coefficient (Wildman–Crippen LogP) is 2.05. The van der Waals surface area contributed by atoms with Crippen LogP contribution in [0.2, 0.25) is 0 Å². The van der Waals surface area contributed by atoms with E-state index in [9.17, 15) is 4.79 Å². The number of fused-ring (bicyclic) bond motifs is 1. The van der Waals surface area contributed by atoms with Crippen molar-refractivity contribution in [3.8, 4) is 0 Å². The average Bonchev–Trinajstić information content (AvgIpc) is 2.85. The van der Waals surface area contributed by atoms with Crippen molar-refractivity contribution >= 4 is 5.91 Å². The Bertz CT molecular complexity index is 552. The second-order valence-corrected chi connectivity index (χ2v) is 7.08. The van der Waals surface area contributed by atoms with E-state index in [4.69, 9.17) is 0 Å². The summed E-state index contributed by atoms with van der Waals surface area (Å²) in [6.45, 7) is 9.24.